The fraction of sp³-hybridized carbons (Fsp3) is 0.400. The first-order valence-corrected chi connectivity index (χ1v) is 5.69. The molecule has 0 aliphatic carbocycles. The summed E-state index contributed by atoms with van der Waals surface area (Å²) in [7, 11) is 0. The molecule has 0 aromatic carbocycles. The Hall–Kier alpha value is -1.76. The molecule has 90 valence electrons. The summed E-state index contributed by atoms with van der Waals surface area (Å²) >= 11 is 4.93. The van der Waals surface area contributed by atoms with Crippen LogP contribution in [0.25, 0.3) is 0 Å². The molecular formula is C10H14N6S. The standard InChI is InChI=1S/C10H14N6S/c1-7(2)16-8(13-6-14-16)5-15-4-3-12-10(15)9(11)17/h3-4,6-7H,5H2,1-2H3,(H2,11,17). The van der Waals surface area contributed by atoms with E-state index in [0.717, 1.165) is 5.82 Å². The molecule has 0 bridgehead atoms. The van der Waals surface area contributed by atoms with E-state index >= 15 is 0 Å². The first kappa shape index (κ1) is 11.7. The molecule has 0 saturated heterocycles. The molecule has 2 N–H and O–H groups in total. The quantitative estimate of drug-likeness (QED) is 0.810. The molecule has 0 atom stereocenters. The largest absolute Gasteiger partial charge is 0.387 e. The highest BCUT2D eigenvalue weighted by molar-refractivity contribution is 7.80. The second kappa shape index (κ2) is 4.62. The summed E-state index contributed by atoms with van der Waals surface area (Å²) in [6.07, 6.45) is 5.05. The number of nitrogens with two attached hydrogens (primary N) is 1. The van der Waals surface area contributed by atoms with Gasteiger partial charge in [0, 0.05) is 18.4 Å². The molecule has 2 aromatic rings. The van der Waals surface area contributed by atoms with Crippen molar-refractivity contribution in [1.29, 1.82) is 0 Å². The van der Waals surface area contributed by atoms with E-state index in [0.29, 0.717) is 12.4 Å². The maximum Gasteiger partial charge on any atom is 0.167 e. The summed E-state index contributed by atoms with van der Waals surface area (Å²) in [5, 5.41) is 4.18. The maximum atomic E-state index is 5.59. The first-order chi connectivity index (χ1) is 8.09. The summed E-state index contributed by atoms with van der Waals surface area (Å²) in [4.78, 5) is 8.62. The van der Waals surface area contributed by atoms with Crippen LogP contribution in [0.4, 0.5) is 0 Å². The van der Waals surface area contributed by atoms with Crippen LogP contribution >= 0.6 is 12.2 Å². The Kier molecular flexibility index (Phi) is 3.19. The van der Waals surface area contributed by atoms with Gasteiger partial charge in [-0.1, -0.05) is 12.2 Å². The molecule has 7 heteroatoms. The lowest BCUT2D eigenvalue weighted by atomic mass is 10.4. The van der Waals surface area contributed by atoms with E-state index in [4.69, 9.17) is 18.0 Å². The zero-order valence-electron chi connectivity index (χ0n) is 9.74. The van der Waals surface area contributed by atoms with E-state index in [9.17, 15) is 0 Å². The molecule has 0 aliphatic rings. The Balaban J connectivity index is 2.29. The van der Waals surface area contributed by atoms with Crippen molar-refractivity contribution < 1.29 is 0 Å². The van der Waals surface area contributed by atoms with Crippen molar-refractivity contribution in [3.8, 4) is 0 Å². The molecular weight excluding hydrogens is 236 g/mol. The molecule has 0 radical (unpaired) electrons. The molecule has 2 rings (SSSR count). The van der Waals surface area contributed by atoms with Gasteiger partial charge in [0.15, 0.2) is 5.82 Å². The summed E-state index contributed by atoms with van der Waals surface area (Å²) in [6.45, 7) is 4.67. The number of imidazole rings is 1. The van der Waals surface area contributed by atoms with Crippen LogP contribution in [0.5, 0.6) is 0 Å². The molecule has 0 unspecified atom stereocenters. The number of hydrogen-bond donors (Lipinski definition) is 1. The second-order valence-corrected chi connectivity index (χ2v) is 4.40. The molecule has 6 nitrogen and oxygen atoms in total. The minimum atomic E-state index is 0.268. The topological polar surface area (TPSA) is 74.5 Å². The van der Waals surface area contributed by atoms with Gasteiger partial charge in [0.25, 0.3) is 0 Å². The van der Waals surface area contributed by atoms with Gasteiger partial charge in [-0.3, -0.25) is 0 Å². The predicted molar refractivity (Wildman–Crippen MR) is 67.6 cm³/mol. The maximum absolute atomic E-state index is 5.59. The van der Waals surface area contributed by atoms with E-state index < -0.39 is 0 Å². The van der Waals surface area contributed by atoms with Crippen LogP contribution < -0.4 is 5.73 Å². The van der Waals surface area contributed by atoms with Gasteiger partial charge in [0.2, 0.25) is 0 Å². The number of rotatable bonds is 4. The predicted octanol–water partition coefficient (Wildman–Crippen LogP) is 0.738. The van der Waals surface area contributed by atoms with Crippen LogP contribution in [0.2, 0.25) is 0 Å². The fourth-order valence-corrected chi connectivity index (χ4v) is 1.80. The third-order valence-corrected chi connectivity index (χ3v) is 2.57. The van der Waals surface area contributed by atoms with Crippen molar-refractivity contribution in [1.82, 2.24) is 24.3 Å². The molecule has 0 saturated carbocycles. The minimum absolute atomic E-state index is 0.268. The molecule has 0 aliphatic heterocycles. The third-order valence-electron chi connectivity index (χ3n) is 2.38. The zero-order chi connectivity index (χ0) is 12.4. The van der Waals surface area contributed by atoms with Crippen molar-refractivity contribution in [2.75, 3.05) is 0 Å². The third kappa shape index (κ3) is 2.33. The highest BCUT2D eigenvalue weighted by atomic mass is 32.1. The van der Waals surface area contributed by atoms with Crippen LogP contribution in [0, 0.1) is 0 Å². The van der Waals surface area contributed by atoms with Crippen molar-refractivity contribution in [2.24, 2.45) is 5.73 Å². The normalized spacial score (nSPS) is 11.0. The summed E-state index contributed by atoms with van der Waals surface area (Å²) < 4.78 is 3.73. The van der Waals surface area contributed by atoms with Gasteiger partial charge in [-0.25, -0.2) is 14.6 Å². The van der Waals surface area contributed by atoms with Gasteiger partial charge in [-0.15, -0.1) is 0 Å². The number of nitrogens with zero attached hydrogens (tertiary/aromatic N) is 5. The van der Waals surface area contributed by atoms with Crippen LogP contribution in [0.15, 0.2) is 18.7 Å². The Labute approximate surface area is 104 Å². The average molecular weight is 250 g/mol. The van der Waals surface area contributed by atoms with Gasteiger partial charge >= 0.3 is 0 Å². The lowest BCUT2D eigenvalue weighted by Gasteiger charge is -2.10. The monoisotopic (exact) mass is 250 g/mol. The van der Waals surface area contributed by atoms with E-state index in [1.807, 2.05) is 15.4 Å². The van der Waals surface area contributed by atoms with Gasteiger partial charge in [-0.2, -0.15) is 5.10 Å². The summed E-state index contributed by atoms with van der Waals surface area (Å²) in [6, 6.07) is 0.268. The smallest absolute Gasteiger partial charge is 0.167 e. The number of thiocarbonyl (C=S) groups is 1. The van der Waals surface area contributed by atoms with E-state index in [1.54, 1.807) is 12.5 Å². The number of hydrogen-bond acceptors (Lipinski definition) is 4. The molecule has 0 amide bonds. The van der Waals surface area contributed by atoms with E-state index in [2.05, 4.69) is 28.9 Å². The van der Waals surface area contributed by atoms with Gasteiger partial charge < -0.3 is 10.3 Å². The van der Waals surface area contributed by atoms with Crippen molar-refractivity contribution in [3.63, 3.8) is 0 Å². The average Bonchev–Trinajstić information content (AvgIpc) is 2.86. The summed E-state index contributed by atoms with van der Waals surface area (Å²) in [5.41, 5.74) is 5.59. The first-order valence-electron chi connectivity index (χ1n) is 5.29. The van der Waals surface area contributed by atoms with Crippen molar-refractivity contribution >= 4 is 17.2 Å². The highest BCUT2D eigenvalue weighted by Gasteiger charge is 2.11. The zero-order valence-corrected chi connectivity index (χ0v) is 10.6. The molecule has 2 heterocycles. The minimum Gasteiger partial charge on any atom is -0.387 e. The number of aromatic nitrogens is 5. The lowest BCUT2D eigenvalue weighted by Crippen LogP contribution is -2.19. The van der Waals surface area contributed by atoms with Crippen molar-refractivity contribution in [2.45, 2.75) is 26.4 Å². The second-order valence-electron chi connectivity index (χ2n) is 3.96. The molecule has 0 spiro atoms. The van der Waals surface area contributed by atoms with E-state index in [-0.39, 0.29) is 11.0 Å². The Bertz CT molecular complexity index is 526. The van der Waals surface area contributed by atoms with Gasteiger partial charge in [0.1, 0.15) is 17.1 Å². The molecule has 0 fully saturated rings. The van der Waals surface area contributed by atoms with Crippen LogP contribution in [-0.2, 0) is 6.54 Å². The van der Waals surface area contributed by atoms with Crippen LogP contribution in [0.1, 0.15) is 31.5 Å². The fourth-order valence-electron chi connectivity index (χ4n) is 1.63. The van der Waals surface area contributed by atoms with Crippen LogP contribution in [-0.4, -0.2) is 29.3 Å². The summed E-state index contributed by atoms with van der Waals surface area (Å²) in [5.74, 6) is 1.45. The Morgan fingerprint density at radius 1 is 1.47 bits per heavy atom. The van der Waals surface area contributed by atoms with Gasteiger partial charge in [0.05, 0.1) is 6.54 Å². The van der Waals surface area contributed by atoms with Crippen molar-refractivity contribution in [3.05, 3.63) is 30.4 Å². The molecule has 17 heavy (non-hydrogen) atoms. The Morgan fingerprint density at radius 2 is 2.24 bits per heavy atom. The van der Waals surface area contributed by atoms with Gasteiger partial charge in [-0.05, 0) is 13.8 Å². The highest BCUT2D eigenvalue weighted by Crippen LogP contribution is 2.08. The Morgan fingerprint density at radius 3 is 2.88 bits per heavy atom. The lowest BCUT2D eigenvalue weighted by molar-refractivity contribution is 0.495. The van der Waals surface area contributed by atoms with Crippen LogP contribution in [0.3, 0.4) is 0 Å². The van der Waals surface area contributed by atoms with E-state index in [1.165, 1.54) is 0 Å². The SMILES string of the molecule is CC(C)n1ncnc1Cn1ccnc1C(N)=S. The molecule has 2 aromatic heterocycles.